The Hall–Kier alpha value is -3.77. The molecule has 5 rings (SSSR count). The van der Waals surface area contributed by atoms with Crippen LogP contribution in [0.3, 0.4) is 0 Å². The Kier molecular flexibility index (Phi) is 4.91. The summed E-state index contributed by atoms with van der Waals surface area (Å²) in [6, 6.07) is 7.70. The normalized spacial score (nSPS) is 17.2. The minimum absolute atomic E-state index is 0.0587. The van der Waals surface area contributed by atoms with Gasteiger partial charge in [0.05, 0.1) is 16.7 Å². The molecular formula is C24H23FN6O2. The topological polar surface area (TPSA) is 98.0 Å². The third-order valence-electron chi connectivity index (χ3n) is 6.83. The molecule has 0 radical (unpaired) electrons. The smallest absolute Gasteiger partial charge is 0.280 e. The van der Waals surface area contributed by atoms with Gasteiger partial charge in [0.2, 0.25) is 0 Å². The van der Waals surface area contributed by atoms with E-state index in [-0.39, 0.29) is 22.6 Å². The zero-order chi connectivity index (χ0) is 23.3. The second-order valence-corrected chi connectivity index (χ2v) is 8.86. The molecule has 3 aromatic rings. The van der Waals surface area contributed by atoms with Crippen LogP contribution in [0.1, 0.15) is 34.3 Å². The van der Waals surface area contributed by atoms with Crippen molar-refractivity contribution < 1.29 is 9.18 Å². The van der Waals surface area contributed by atoms with Crippen LogP contribution < -0.4 is 5.56 Å². The highest BCUT2D eigenvalue weighted by atomic mass is 19.1. The fourth-order valence-corrected chi connectivity index (χ4v) is 4.54. The predicted molar refractivity (Wildman–Crippen MR) is 120 cm³/mol. The predicted octanol–water partition coefficient (Wildman–Crippen LogP) is 2.47. The first-order valence-electron chi connectivity index (χ1n) is 10.8. The number of nitrogens with one attached hydrogen (secondary N) is 1. The van der Waals surface area contributed by atoms with Gasteiger partial charge in [-0.05, 0) is 62.2 Å². The summed E-state index contributed by atoms with van der Waals surface area (Å²) in [5.41, 5.74) is 1.44. The van der Waals surface area contributed by atoms with Crippen LogP contribution in [0, 0.1) is 24.1 Å². The zero-order valence-electron chi connectivity index (χ0n) is 18.4. The van der Waals surface area contributed by atoms with Gasteiger partial charge in [0.1, 0.15) is 11.9 Å². The maximum absolute atomic E-state index is 14.1. The molecule has 1 spiro atoms. The average molecular weight is 446 g/mol. The van der Waals surface area contributed by atoms with Crippen molar-refractivity contribution in [3.63, 3.8) is 0 Å². The van der Waals surface area contributed by atoms with Gasteiger partial charge in [-0.15, -0.1) is 0 Å². The monoisotopic (exact) mass is 446 g/mol. The molecular weight excluding hydrogens is 423 g/mol. The number of aryl methyl sites for hydroxylation is 1. The average Bonchev–Trinajstić information content (AvgIpc) is 3.50. The lowest BCUT2D eigenvalue weighted by Crippen LogP contribution is -2.54. The Morgan fingerprint density at radius 2 is 2.03 bits per heavy atom. The molecule has 168 valence electrons. The van der Waals surface area contributed by atoms with E-state index in [0.29, 0.717) is 29.1 Å². The van der Waals surface area contributed by atoms with Gasteiger partial charge in [0.25, 0.3) is 11.5 Å². The maximum Gasteiger partial charge on any atom is 0.280 e. The number of hydrogen-bond donors (Lipinski definition) is 1. The first kappa shape index (κ1) is 21.1. The number of piperazine rings is 1. The Morgan fingerprint density at radius 3 is 2.70 bits per heavy atom. The summed E-state index contributed by atoms with van der Waals surface area (Å²) in [4.78, 5) is 34.5. The Labute approximate surface area is 189 Å². The number of benzene rings is 1. The van der Waals surface area contributed by atoms with Crippen LogP contribution in [0.2, 0.25) is 0 Å². The van der Waals surface area contributed by atoms with E-state index in [2.05, 4.69) is 22.0 Å². The Morgan fingerprint density at radius 1 is 1.24 bits per heavy atom. The number of carbonyl (C=O) groups is 1. The SMILES string of the molecule is Cc1cc(C#N)c(F)cc1-c1c[nH]n(-c2ccc(C(=O)N3CCN(C)C4(CC4)C3)cn2)c1=O. The summed E-state index contributed by atoms with van der Waals surface area (Å²) in [6.07, 6.45) is 5.20. The fourth-order valence-electron chi connectivity index (χ4n) is 4.54. The molecule has 1 aliphatic carbocycles. The lowest BCUT2D eigenvalue weighted by Gasteiger charge is -2.40. The molecule has 1 aliphatic heterocycles. The number of carbonyl (C=O) groups excluding carboxylic acids is 1. The summed E-state index contributed by atoms with van der Waals surface area (Å²) < 4.78 is 15.4. The van der Waals surface area contributed by atoms with Crippen molar-refractivity contribution in [3.05, 3.63) is 69.5 Å². The van der Waals surface area contributed by atoms with Gasteiger partial charge < -0.3 is 4.90 Å². The Bertz CT molecular complexity index is 1350. The summed E-state index contributed by atoms with van der Waals surface area (Å²) in [5, 5.41) is 11.9. The zero-order valence-corrected chi connectivity index (χ0v) is 18.4. The van der Waals surface area contributed by atoms with Crippen molar-refractivity contribution in [1.82, 2.24) is 24.6 Å². The minimum Gasteiger partial charge on any atom is -0.335 e. The van der Waals surface area contributed by atoms with Crippen LogP contribution in [0.4, 0.5) is 4.39 Å². The molecule has 1 N–H and O–H groups in total. The number of halogens is 1. The molecule has 3 heterocycles. The second-order valence-electron chi connectivity index (χ2n) is 8.86. The molecule has 1 saturated heterocycles. The molecule has 1 amide bonds. The number of nitriles is 1. The van der Waals surface area contributed by atoms with Crippen LogP contribution in [-0.2, 0) is 0 Å². The number of nitrogens with zero attached hydrogens (tertiary/aromatic N) is 5. The van der Waals surface area contributed by atoms with Gasteiger partial charge in [0, 0.05) is 37.6 Å². The van der Waals surface area contributed by atoms with Crippen molar-refractivity contribution >= 4 is 5.91 Å². The number of amides is 1. The number of aromatic nitrogens is 3. The quantitative estimate of drug-likeness (QED) is 0.667. The molecule has 1 aromatic carbocycles. The third kappa shape index (κ3) is 3.52. The lowest BCUT2D eigenvalue weighted by molar-refractivity contribution is 0.0497. The summed E-state index contributed by atoms with van der Waals surface area (Å²) >= 11 is 0. The highest BCUT2D eigenvalue weighted by molar-refractivity contribution is 5.94. The molecule has 0 unspecified atom stereocenters. The molecule has 0 atom stereocenters. The first-order valence-corrected chi connectivity index (χ1v) is 10.8. The molecule has 8 nitrogen and oxygen atoms in total. The lowest BCUT2D eigenvalue weighted by atomic mass is 10.0. The summed E-state index contributed by atoms with van der Waals surface area (Å²) in [5.74, 6) is -0.411. The Balaban J connectivity index is 1.39. The van der Waals surface area contributed by atoms with Gasteiger partial charge in [-0.25, -0.2) is 14.1 Å². The minimum atomic E-state index is -0.678. The molecule has 33 heavy (non-hydrogen) atoms. The second kappa shape index (κ2) is 7.67. The van der Waals surface area contributed by atoms with E-state index in [1.807, 2.05) is 4.90 Å². The number of pyridine rings is 1. The fraction of sp³-hybridized carbons (Fsp3) is 0.333. The number of likely N-dealkylation sites (N-methyl/N-ethyl adjacent to an activating group) is 1. The van der Waals surface area contributed by atoms with Gasteiger partial charge >= 0.3 is 0 Å². The van der Waals surface area contributed by atoms with Crippen molar-refractivity contribution in [3.8, 4) is 23.0 Å². The van der Waals surface area contributed by atoms with Crippen LogP contribution in [0.25, 0.3) is 16.9 Å². The van der Waals surface area contributed by atoms with Crippen molar-refractivity contribution in [2.45, 2.75) is 25.3 Å². The van der Waals surface area contributed by atoms with Gasteiger partial charge in [0.15, 0.2) is 5.82 Å². The van der Waals surface area contributed by atoms with E-state index in [4.69, 9.17) is 5.26 Å². The standard InChI is InChI=1S/C24H23FN6O2/c1-15-9-17(11-26)20(25)10-18(15)19-13-28-31(23(19)33)21-4-3-16(12-27-21)22(32)30-8-7-29(2)24(14-30)5-6-24/h3-4,9-10,12-13,28H,5-8,14H2,1-2H3. The number of rotatable bonds is 3. The van der Waals surface area contributed by atoms with Gasteiger partial charge in [-0.3, -0.25) is 19.6 Å². The molecule has 1 saturated carbocycles. The van der Waals surface area contributed by atoms with Crippen molar-refractivity contribution in [2.24, 2.45) is 0 Å². The van der Waals surface area contributed by atoms with E-state index < -0.39 is 11.4 Å². The molecule has 2 fully saturated rings. The first-order chi connectivity index (χ1) is 15.8. The maximum atomic E-state index is 14.1. The molecule has 2 aliphatic rings. The van der Waals surface area contributed by atoms with Crippen LogP contribution in [-0.4, -0.2) is 62.7 Å². The summed E-state index contributed by atoms with van der Waals surface area (Å²) in [7, 11) is 2.11. The van der Waals surface area contributed by atoms with Crippen LogP contribution in [0.5, 0.6) is 0 Å². The van der Waals surface area contributed by atoms with Gasteiger partial charge in [-0.2, -0.15) is 5.26 Å². The van der Waals surface area contributed by atoms with E-state index in [0.717, 1.165) is 25.9 Å². The van der Waals surface area contributed by atoms with E-state index in [1.54, 1.807) is 25.1 Å². The summed E-state index contributed by atoms with van der Waals surface area (Å²) in [6.45, 7) is 3.98. The van der Waals surface area contributed by atoms with E-state index in [9.17, 15) is 14.0 Å². The van der Waals surface area contributed by atoms with Crippen molar-refractivity contribution in [2.75, 3.05) is 26.7 Å². The van der Waals surface area contributed by atoms with E-state index in [1.165, 1.54) is 29.2 Å². The molecule has 0 bridgehead atoms. The van der Waals surface area contributed by atoms with Crippen LogP contribution >= 0.6 is 0 Å². The van der Waals surface area contributed by atoms with E-state index >= 15 is 0 Å². The number of H-pyrrole nitrogens is 1. The number of aromatic amines is 1. The van der Waals surface area contributed by atoms with Crippen LogP contribution in [0.15, 0.2) is 41.5 Å². The van der Waals surface area contributed by atoms with Crippen molar-refractivity contribution in [1.29, 1.82) is 5.26 Å². The number of hydrogen-bond acceptors (Lipinski definition) is 5. The highest BCUT2D eigenvalue weighted by Crippen LogP contribution is 2.43. The highest BCUT2D eigenvalue weighted by Gasteiger charge is 2.50. The molecule has 9 heteroatoms. The molecule has 2 aromatic heterocycles. The largest absolute Gasteiger partial charge is 0.335 e. The third-order valence-corrected chi connectivity index (χ3v) is 6.83. The van der Waals surface area contributed by atoms with Gasteiger partial charge in [-0.1, -0.05) is 0 Å².